The predicted molar refractivity (Wildman–Crippen MR) is 52.3 cm³/mol. The van der Waals surface area contributed by atoms with Crippen molar-refractivity contribution in [1.82, 2.24) is 0 Å². The quantitative estimate of drug-likeness (QED) is 0.720. The molecule has 1 atom stereocenters. The van der Waals surface area contributed by atoms with Gasteiger partial charge in [0.05, 0.1) is 0 Å². The van der Waals surface area contributed by atoms with Gasteiger partial charge in [-0.3, -0.25) is 0 Å². The maximum atomic E-state index is 11.9. The molecule has 0 aliphatic rings. The van der Waals surface area contributed by atoms with Crippen LogP contribution in [0.3, 0.4) is 0 Å². The maximum Gasteiger partial charge on any atom is 0.387 e. The van der Waals surface area contributed by atoms with Crippen molar-refractivity contribution >= 4 is 6.29 Å². The molecule has 0 heterocycles. The Bertz CT molecular complexity index is 350. The fourth-order valence-electron chi connectivity index (χ4n) is 1.26. The van der Waals surface area contributed by atoms with Gasteiger partial charge in [0, 0.05) is 5.92 Å². The average Bonchev–Trinajstić information content (AvgIpc) is 2.19. The molecular weight excluding hydrogens is 202 g/mol. The molecule has 0 saturated carbocycles. The van der Waals surface area contributed by atoms with Crippen LogP contribution in [-0.2, 0) is 4.79 Å². The number of rotatable bonds is 4. The summed E-state index contributed by atoms with van der Waals surface area (Å²) in [5.41, 5.74) is 1.39. The number of hydrogen-bond acceptors (Lipinski definition) is 2. The number of benzene rings is 1. The van der Waals surface area contributed by atoms with E-state index in [1.165, 1.54) is 6.07 Å². The lowest BCUT2D eigenvalue weighted by Crippen LogP contribution is -2.04. The molecule has 0 radical (unpaired) electrons. The Balaban J connectivity index is 2.92. The number of carbonyl (C=O) groups excluding carboxylic acids is 1. The molecule has 0 fully saturated rings. The van der Waals surface area contributed by atoms with Gasteiger partial charge in [0.2, 0.25) is 0 Å². The first-order valence-corrected chi connectivity index (χ1v) is 4.55. The number of halogens is 2. The summed E-state index contributed by atoms with van der Waals surface area (Å²) in [5, 5.41) is 0. The van der Waals surface area contributed by atoms with Gasteiger partial charge in [0.25, 0.3) is 0 Å². The number of aldehydes is 1. The van der Waals surface area contributed by atoms with Gasteiger partial charge >= 0.3 is 6.61 Å². The van der Waals surface area contributed by atoms with Crippen LogP contribution in [0.1, 0.15) is 24.0 Å². The number of ether oxygens (including phenoxy) is 1. The fourth-order valence-corrected chi connectivity index (χ4v) is 1.26. The average molecular weight is 214 g/mol. The monoisotopic (exact) mass is 214 g/mol. The summed E-state index contributed by atoms with van der Waals surface area (Å²) in [6.45, 7) is 0.590. The molecule has 0 N–H and O–H groups in total. The van der Waals surface area contributed by atoms with Crippen LogP contribution >= 0.6 is 0 Å². The van der Waals surface area contributed by atoms with Crippen molar-refractivity contribution in [2.45, 2.75) is 26.4 Å². The molecule has 0 saturated heterocycles. The lowest BCUT2D eigenvalue weighted by atomic mass is 10.0. The molecule has 0 aliphatic heterocycles. The summed E-state index contributed by atoms with van der Waals surface area (Å²) in [4.78, 5) is 10.5. The second kappa shape index (κ2) is 4.87. The van der Waals surface area contributed by atoms with Crippen LogP contribution in [0.4, 0.5) is 8.78 Å². The SMILES string of the molecule is Cc1cc(C(C)C=O)ccc1OC(F)F. The first-order valence-electron chi connectivity index (χ1n) is 4.55. The van der Waals surface area contributed by atoms with Crippen LogP contribution in [-0.4, -0.2) is 12.9 Å². The molecule has 0 amide bonds. The maximum absolute atomic E-state index is 11.9. The molecular formula is C11H12F2O2. The molecule has 1 rings (SSSR count). The highest BCUT2D eigenvalue weighted by molar-refractivity contribution is 5.62. The van der Waals surface area contributed by atoms with Crippen molar-refractivity contribution in [3.05, 3.63) is 29.3 Å². The van der Waals surface area contributed by atoms with E-state index >= 15 is 0 Å². The Hall–Kier alpha value is -1.45. The number of alkyl halides is 2. The molecule has 2 nitrogen and oxygen atoms in total. The molecule has 1 unspecified atom stereocenters. The minimum absolute atomic E-state index is 0.145. The summed E-state index contributed by atoms with van der Waals surface area (Å²) >= 11 is 0. The molecule has 0 bridgehead atoms. The number of hydrogen-bond donors (Lipinski definition) is 0. The summed E-state index contributed by atoms with van der Waals surface area (Å²) in [6.07, 6.45) is 0.808. The van der Waals surface area contributed by atoms with E-state index in [1.807, 2.05) is 0 Å². The van der Waals surface area contributed by atoms with Crippen LogP contribution in [0, 0.1) is 6.92 Å². The lowest BCUT2D eigenvalue weighted by molar-refractivity contribution is -0.108. The molecule has 82 valence electrons. The van der Waals surface area contributed by atoms with Gasteiger partial charge < -0.3 is 9.53 Å². The largest absolute Gasteiger partial charge is 0.435 e. The van der Waals surface area contributed by atoms with Gasteiger partial charge in [0.1, 0.15) is 12.0 Å². The van der Waals surface area contributed by atoms with Gasteiger partial charge in [0.15, 0.2) is 0 Å². The van der Waals surface area contributed by atoms with E-state index in [1.54, 1.807) is 26.0 Å². The molecule has 1 aromatic rings. The minimum Gasteiger partial charge on any atom is -0.435 e. The van der Waals surface area contributed by atoms with E-state index < -0.39 is 6.61 Å². The van der Waals surface area contributed by atoms with Crippen LogP contribution < -0.4 is 4.74 Å². The van der Waals surface area contributed by atoms with Gasteiger partial charge in [-0.15, -0.1) is 0 Å². The zero-order valence-electron chi connectivity index (χ0n) is 8.54. The van der Waals surface area contributed by atoms with Crippen LogP contribution in [0.5, 0.6) is 5.75 Å². The second-order valence-electron chi connectivity index (χ2n) is 3.33. The Morgan fingerprint density at radius 2 is 2.07 bits per heavy atom. The van der Waals surface area contributed by atoms with Gasteiger partial charge in [-0.25, -0.2) is 0 Å². The molecule has 4 heteroatoms. The Morgan fingerprint density at radius 3 is 2.53 bits per heavy atom. The normalized spacial score (nSPS) is 12.6. The van der Waals surface area contributed by atoms with Gasteiger partial charge in [-0.1, -0.05) is 19.1 Å². The molecule has 1 aromatic carbocycles. The van der Waals surface area contributed by atoms with Gasteiger partial charge in [-0.05, 0) is 24.1 Å². The zero-order chi connectivity index (χ0) is 11.4. The van der Waals surface area contributed by atoms with Crippen LogP contribution in [0.2, 0.25) is 0 Å². The first-order chi connectivity index (χ1) is 7.04. The fraction of sp³-hybridized carbons (Fsp3) is 0.364. The Labute approximate surface area is 86.9 Å². The number of aryl methyl sites for hydroxylation is 1. The van der Waals surface area contributed by atoms with E-state index in [0.717, 1.165) is 11.8 Å². The highest BCUT2D eigenvalue weighted by Crippen LogP contribution is 2.24. The van der Waals surface area contributed by atoms with Crippen molar-refractivity contribution in [2.75, 3.05) is 0 Å². The van der Waals surface area contributed by atoms with E-state index in [9.17, 15) is 13.6 Å². The smallest absolute Gasteiger partial charge is 0.387 e. The van der Waals surface area contributed by atoms with E-state index in [4.69, 9.17) is 0 Å². The van der Waals surface area contributed by atoms with Crippen molar-refractivity contribution in [1.29, 1.82) is 0 Å². The highest BCUT2D eigenvalue weighted by atomic mass is 19.3. The predicted octanol–water partition coefficient (Wildman–Crippen LogP) is 2.90. The highest BCUT2D eigenvalue weighted by Gasteiger charge is 2.10. The van der Waals surface area contributed by atoms with Crippen molar-refractivity contribution in [2.24, 2.45) is 0 Å². The summed E-state index contributed by atoms with van der Waals surface area (Å²) in [6, 6.07) is 4.75. The molecule has 0 aliphatic carbocycles. The van der Waals surface area contributed by atoms with Crippen molar-refractivity contribution in [3.63, 3.8) is 0 Å². The van der Waals surface area contributed by atoms with Crippen molar-refractivity contribution < 1.29 is 18.3 Å². The third-order valence-corrected chi connectivity index (χ3v) is 2.14. The topological polar surface area (TPSA) is 26.3 Å². The number of carbonyl (C=O) groups is 1. The minimum atomic E-state index is -2.82. The molecule has 15 heavy (non-hydrogen) atoms. The molecule has 0 aromatic heterocycles. The van der Waals surface area contributed by atoms with Crippen LogP contribution in [0.15, 0.2) is 18.2 Å². The molecule has 0 spiro atoms. The first kappa shape index (κ1) is 11.6. The summed E-state index contributed by atoms with van der Waals surface area (Å²) in [5.74, 6) is -0.0869. The Morgan fingerprint density at radius 1 is 1.40 bits per heavy atom. The van der Waals surface area contributed by atoms with Crippen molar-refractivity contribution in [3.8, 4) is 5.75 Å². The third kappa shape index (κ3) is 3.01. The Kier molecular flexibility index (Phi) is 3.77. The van der Waals surface area contributed by atoms with E-state index in [0.29, 0.717) is 5.56 Å². The second-order valence-corrected chi connectivity index (χ2v) is 3.33. The lowest BCUT2D eigenvalue weighted by Gasteiger charge is -2.10. The third-order valence-electron chi connectivity index (χ3n) is 2.14. The summed E-state index contributed by atoms with van der Waals surface area (Å²) < 4.78 is 28.2. The standard InChI is InChI=1S/C11H12F2O2/c1-7-5-9(8(2)6-14)3-4-10(7)15-11(12)13/h3-6,8,11H,1-2H3. The zero-order valence-corrected chi connectivity index (χ0v) is 8.54. The van der Waals surface area contributed by atoms with E-state index in [2.05, 4.69) is 4.74 Å². The van der Waals surface area contributed by atoms with E-state index in [-0.39, 0.29) is 11.7 Å². The van der Waals surface area contributed by atoms with Crippen LogP contribution in [0.25, 0.3) is 0 Å². The summed E-state index contributed by atoms with van der Waals surface area (Å²) in [7, 11) is 0. The van der Waals surface area contributed by atoms with Gasteiger partial charge in [-0.2, -0.15) is 8.78 Å².